The van der Waals surface area contributed by atoms with E-state index in [1.54, 1.807) is 0 Å². The summed E-state index contributed by atoms with van der Waals surface area (Å²) >= 11 is 7.60. The second-order valence-corrected chi connectivity index (χ2v) is 10.8. The van der Waals surface area contributed by atoms with Crippen LogP contribution < -0.4 is 0 Å². The van der Waals surface area contributed by atoms with Crippen molar-refractivity contribution in [3.63, 3.8) is 0 Å². The van der Waals surface area contributed by atoms with E-state index in [4.69, 9.17) is 0 Å². The summed E-state index contributed by atoms with van der Waals surface area (Å²) in [6.45, 7) is 0. The van der Waals surface area contributed by atoms with E-state index in [0.717, 1.165) is 0 Å². The monoisotopic (exact) mass is 329 g/mol. The van der Waals surface area contributed by atoms with Crippen molar-refractivity contribution >= 4 is 57.9 Å². The predicted octanol–water partition coefficient (Wildman–Crippen LogP) is 1.54. The molecule has 0 aromatic heterocycles. The summed E-state index contributed by atoms with van der Waals surface area (Å²) in [6, 6.07) is 0. The highest BCUT2D eigenvalue weighted by Crippen LogP contribution is 2.38. The minimum absolute atomic E-state index is 1.71. The molecule has 0 fully saturated rings. The van der Waals surface area contributed by atoms with E-state index in [0.29, 0.717) is 0 Å². The Bertz CT molecular complexity index is 163. The zero-order chi connectivity index (χ0) is 7.00. The van der Waals surface area contributed by atoms with Gasteiger partial charge >= 0.3 is 10.1 Å². The molecule has 7 heteroatoms. The summed E-state index contributed by atoms with van der Waals surface area (Å²) in [5, 5.41) is 0. The topological polar surface area (TPSA) is 54.0 Å². The summed E-state index contributed by atoms with van der Waals surface area (Å²) in [4.78, 5) is 0. The lowest BCUT2D eigenvalue weighted by atomic mass is 11.9. The average Bonchev–Trinajstić information content (AvgIpc) is 1.25. The quantitative estimate of drug-likeness (QED) is 0.632. The molecule has 49 valence electrons. The smallest absolute Gasteiger partial charge is 0.194 e. The van der Waals surface area contributed by atoms with Crippen LogP contribution in [0.2, 0.25) is 0 Å². The molecule has 0 amide bonds. The number of hydrogen-bond acceptors (Lipinski definition) is 2. The van der Waals surface area contributed by atoms with Crippen molar-refractivity contribution < 1.29 is 13.0 Å². The normalized spacial score (nSPS) is 14.0. The number of halogens is 3. The van der Waals surface area contributed by atoms with E-state index in [2.05, 4.69) is 47.8 Å². The Balaban J connectivity index is 4.53. The summed E-state index contributed by atoms with van der Waals surface area (Å²) in [7, 11) is -4.34. The molecule has 0 N–H and O–H groups in total. The molecule has 0 atom stereocenters. The fourth-order valence-corrected chi connectivity index (χ4v) is 0. The fraction of sp³-hybridized carbons (Fsp3) is 1.00. The van der Waals surface area contributed by atoms with Crippen LogP contribution in [0.3, 0.4) is 0 Å². The van der Waals surface area contributed by atoms with Gasteiger partial charge in [0.1, 0.15) is 0 Å². The van der Waals surface area contributed by atoms with E-state index in [1.165, 1.54) is 0 Å². The largest absolute Gasteiger partial charge is 0.331 e. The molecular weight excluding hydrogens is 332 g/mol. The van der Waals surface area contributed by atoms with Crippen LogP contribution in [-0.4, -0.2) is 9.89 Å². The van der Waals surface area contributed by atoms with Crippen LogP contribution in [-0.2, 0) is 14.7 Å². The van der Waals surface area contributed by atoms with Crippen molar-refractivity contribution in [1.82, 2.24) is 0 Å². The number of rotatable bonds is 0. The minimum atomic E-state index is -4.34. The molecule has 0 rings (SSSR count). The van der Waals surface area contributed by atoms with E-state index in [-0.39, 0.29) is 0 Å². The molecule has 1 radical (unpaired) electrons. The Morgan fingerprint density at radius 3 is 1.25 bits per heavy atom. The van der Waals surface area contributed by atoms with Crippen molar-refractivity contribution in [2.45, 2.75) is 1.47 Å². The highest BCUT2D eigenvalue weighted by Gasteiger charge is 2.35. The second kappa shape index (κ2) is 2.53. The average molecular weight is 332 g/mol. The molecular formula is CBr3O3S. The number of alkyl halides is 3. The van der Waals surface area contributed by atoms with Gasteiger partial charge in [0.25, 0.3) is 1.47 Å². The van der Waals surface area contributed by atoms with Crippen molar-refractivity contribution in [3.8, 4) is 0 Å². The van der Waals surface area contributed by atoms with Crippen molar-refractivity contribution in [3.05, 3.63) is 0 Å². The van der Waals surface area contributed by atoms with Crippen LogP contribution in [0, 0.1) is 0 Å². The van der Waals surface area contributed by atoms with Crippen molar-refractivity contribution in [1.29, 1.82) is 0 Å². The third-order valence-corrected chi connectivity index (χ3v) is 4.42. The maximum atomic E-state index is 9.96. The zero-order valence-corrected chi connectivity index (χ0v) is 8.84. The van der Waals surface area contributed by atoms with Crippen LogP contribution in [0.25, 0.3) is 0 Å². The van der Waals surface area contributed by atoms with Crippen LogP contribution in [0.4, 0.5) is 0 Å². The highest BCUT2D eigenvalue weighted by molar-refractivity contribution is 9.42. The van der Waals surface area contributed by atoms with Gasteiger partial charge in [-0.05, 0) is 47.8 Å². The molecule has 0 aliphatic rings. The van der Waals surface area contributed by atoms with Gasteiger partial charge in [0, 0.05) is 0 Å². The molecule has 0 spiro atoms. The van der Waals surface area contributed by atoms with E-state index in [9.17, 15) is 13.0 Å². The predicted molar refractivity (Wildman–Crippen MR) is 39.1 cm³/mol. The molecule has 8 heavy (non-hydrogen) atoms. The van der Waals surface area contributed by atoms with Crippen molar-refractivity contribution in [2.24, 2.45) is 0 Å². The van der Waals surface area contributed by atoms with Gasteiger partial charge < -0.3 is 0 Å². The zero-order valence-electron chi connectivity index (χ0n) is 3.27. The van der Waals surface area contributed by atoms with Gasteiger partial charge in [0.15, 0.2) is 0 Å². The van der Waals surface area contributed by atoms with Crippen LogP contribution in [0.1, 0.15) is 0 Å². The lowest BCUT2D eigenvalue weighted by molar-refractivity contribution is 0.417. The van der Waals surface area contributed by atoms with Gasteiger partial charge in [-0.25, -0.2) is 0 Å². The number of hydrogen-bond donors (Lipinski definition) is 0. The lowest BCUT2D eigenvalue weighted by Gasteiger charge is -2.02. The molecule has 0 heterocycles. The Morgan fingerprint density at radius 1 is 1.12 bits per heavy atom. The Labute approximate surface area is 72.0 Å². The lowest BCUT2D eigenvalue weighted by Crippen LogP contribution is -2.13. The van der Waals surface area contributed by atoms with Crippen molar-refractivity contribution in [2.75, 3.05) is 0 Å². The maximum Gasteiger partial charge on any atom is 0.331 e. The van der Waals surface area contributed by atoms with Gasteiger partial charge in [-0.3, -0.25) is 0 Å². The molecule has 0 aliphatic heterocycles. The molecule has 0 aromatic carbocycles. The SMILES string of the molecule is [O]S(=O)(=O)C(Br)(Br)Br. The molecule has 0 saturated carbocycles. The summed E-state index contributed by atoms with van der Waals surface area (Å²) in [6.07, 6.45) is 0. The molecule has 0 aliphatic carbocycles. The van der Waals surface area contributed by atoms with Gasteiger partial charge in [-0.2, -0.15) is 8.42 Å². The maximum absolute atomic E-state index is 9.96. The van der Waals surface area contributed by atoms with E-state index < -0.39 is 11.6 Å². The van der Waals surface area contributed by atoms with Gasteiger partial charge in [-0.15, -0.1) is 0 Å². The fourth-order valence-electron chi connectivity index (χ4n) is 0. The van der Waals surface area contributed by atoms with Gasteiger partial charge in [-0.1, -0.05) is 4.55 Å². The van der Waals surface area contributed by atoms with Gasteiger partial charge in [0.2, 0.25) is 0 Å². The molecule has 0 unspecified atom stereocenters. The molecule has 0 bridgehead atoms. The third kappa shape index (κ3) is 2.77. The Kier molecular flexibility index (Phi) is 2.96. The molecule has 3 nitrogen and oxygen atoms in total. The first kappa shape index (κ1) is 9.35. The van der Waals surface area contributed by atoms with E-state index in [1.807, 2.05) is 0 Å². The first-order chi connectivity index (χ1) is 3.25. The summed E-state index contributed by atoms with van der Waals surface area (Å²) in [5.41, 5.74) is 0. The second-order valence-electron chi connectivity index (χ2n) is 0.900. The third-order valence-electron chi connectivity index (χ3n) is 0.283. The molecule has 0 saturated heterocycles. The minimum Gasteiger partial charge on any atom is -0.194 e. The first-order valence-electron chi connectivity index (χ1n) is 1.27. The van der Waals surface area contributed by atoms with Crippen LogP contribution in [0.15, 0.2) is 0 Å². The first-order valence-corrected chi connectivity index (χ1v) is 5.06. The Morgan fingerprint density at radius 2 is 1.25 bits per heavy atom. The van der Waals surface area contributed by atoms with E-state index >= 15 is 0 Å². The summed E-state index contributed by atoms with van der Waals surface area (Å²) in [5.74, 6) is 0. The Hall–Kier alpha value is 1.35. The summed E-state index contributed by atoms with van der Waals surface area (Å²) < 4.78 is 28.2. The van der Waals surface area contributed by atoms with Crippen LogP contribution in [0.5, 0.6) is 0 Å². The van der Waals surface area contributed by atoms with Crippen LogP contribution >= 0.6 is 47.8 Å². The molecule has 0 aromatic rings. The standard InChI is InChI=1S/CBr3O3S/c2-1(3,4)8(5,6)7. The van der Waals surface area contributed by atoms with Gasteiger partial charge in [0.05, 0.1) is 0 Å². The highest BCUT2D eigenvalue weighted by atomic mass is 80.0.